The van der Waals surface area contributed by atoms with Crippen LogP contribution in [0.15, 0.2) is 56.3 Å². The van der Waals surface area contributed by atoms with Crippen molar-refractivity contribution in [2.24, 2.45) is 5.73 Å². The van der Waals surface area contributed by atoms with Gasteiger partial charge in [-0.05, 0) is 29.8 Å². The minimum absolute atomic E-state index is 0.0295. The molecule has 9 heteroatoms. The van der Waals surface area contributed by atoms with E-state index in [-0.39, 0.29) is 17.0 Å². The fourth-order valence-electron chi connectivity index (χ4n) is 3.66. The molecule has 2 aromatic carbocycles. The van der Waals surface area contributed by atoms with Crippen molar-refractivity contribution in [1.82, 2.24) is 4.90 Å². The lowest BCUT2D eigenvalue weighted by Gasteiger charge is -2.47. The van der Waals surface area contributed by atoms with Gasteiger partial charge in [-0.15, -0.1) is 23.4 Å². The summed E-state index contributed by atoms with van der Waals surface area (Å²) in [6.45, 7) is 0. The smallest absolute Gasteiger partial charge is 0.353 e. The summed E-state index contributed by atoms with van der Waals surface area (Å²) in [5.74, 6) is -0.555. The van der Waals surface area contributed by atoms with Crippen LogP contribution in [0.3, 0.4) is 0 Å². The highest BCUT2D eigenvalue weighted by Crippen LogP contribution is 2.45. The Hall–Kier alpha value is -2.13. The first-order valence-electron chi connectivity index (χ1n) is 8.83. The van der Waals surface area contributed by atoms with Gasteiger partial charge in [-0.3, -0.25) is 9.69 Å². The van der Waals surface area contributed by atoms with Gasteiger partial charge >= 0.3 is 5.97 Å². The molecule has 148 valence electrons. The number of carbonyl (C=O) groups is 2. The Morgan fingerprint density at radius 2 is 2.00 bits per heavy atom. The van der Waals surface area contributed by atoms with Crippen LogP contribution in [0.4, 0.5) is 0 Å². The zero-order valence-corrected chi connectivity index (χ0v) is 17.3. The molecule has 1 aromatic heterocycles. The first kappa shape index (κ1) is 18.9. The molecule has 0 aliphatic carbocycles. The van der Waals surface area contributed by atoms with Crippen LogP contribution in [0, 0.1) is 0 Å². The Morgan fingerprint density at radius 1 is 1.28 bits per heavy atom. The van der Waals surface area contributed by atoms with E-state index >= 15 is 0 Å². The van der Waals surface area contributed by atoms with E-state index in [1.165, 1.54) is 28.4 Å². The number of furan rings is 1. The van der Waals surface area contributed by atoms with Gasteiger partial charge in [0.25, 0.3) is 0 Å². The molecule has 5 rings (SSSR count). The van der Waals surface area contributed by atoms with Crippen LogP contribution >= 0.6 is 35.1 Å². The lowest BCUT2D eigenvalue weighted by atomic mass is 10.1. The predicted octanol–water partition coefficient (Wildman–Crippen LogP) is 3.96. The molecule has 0 saturated carbocycles. The molecule has 2 aliphatic rings. The van der Waals surface area contributed by atoms with E-state index in [0.29, 0.717) is 16.5 Å². The topological polar surface area (TPSA) is 96.8 Å². The zero-order valence-electron chi connectivity index (χ0n) is 14.9. The Morgan fingerprint density at radius 3 is 2.72 bits per heavy atom. The number of alkyl halides is 1. The van der Waals surface area contributed by atoms with Crippen molar-refractivity contribution in [3.63, 3.8) is 0 Å². The number of carboxylic acids is 1. The molecule has 6 nitrogen and oxygen atoms in total. The van der Waals surface area contributed by atoms with Gasteiger partial charge in [0.15, 0.2) is 0 Å². The van der Waals surface area contributed by atoms with Gasteiger partial charge < -0.3 is 15.3 Å². The molecule has 0 unspecified atom stereocenters. The second kappa shape index (κ2) is 6.98. The van der Waals surface area contributed by atoms with E-state index < -0.39 is 12.0 Å². The van der Waals surface area contributed by atoms with E-state index in [4.69, 9.17) is 21.8 Å². The third-order valence-electron chi connectivity index (χ3n) is 5.08. The minimum atomic E-state index is -1.11. The number of amides is 1. The summed E-state index contributed by atoms with van der Waals surface area (Å²) in [5.41, 5.74) is 8.30. The summed E-state index contributed by atoms with van der Waals surface area (Å²) in [5, 5.41) is 11.4. The van der Waals surface area contributed by atoms with Gasteiger partial charge in [0.2, 0.25) is 5.91 Å². The highest BCUT2D eigenvalue weighted by molar-refractivity contribution is 8.06. The monoisotopic (exact) mass is 446 g/mol. The number of nitrogens with zero attached hydrogens (tertiary/aromatic N) is 1. The Balaban J connectivity index is 1.53. The molecule has 29 heavy (non-hydrogen) atoms. The number of rotatable bonds is 4. The van der Waals surface area contributed by atoms with Crippen molar-refractivity contribution in [3.05, 3.63) is 52.6 Å². The number of thioether (sulfide) groups is 2. The van der Waals surface area contributed by atoms with Gasteiger partial charge in [0.05, 0.1) is 0 Å². The van der Waals surface area contributed by atoms with Crippen molar-refractivity contribution in [3.8, 4) is 0 Å². The maximum Gasteiger partial charge on any atom is 0.353 e. The van der Waals surface area contributed by atoms with Crippen molar-refractivity contribution >= 4 is 68.9 Å². The number of β-lactam (4-membered cyclic amide) rings is 1. The second-order valence-corrected chi connectivity index (χ2v) is 9.38. The number of hydrogen-bond acceptors (Lipinski definition) is 6. The van der Waals surface area contributed by atoms with Crippen LogP contribution < -0.4 is 5.73 Å². The van der Waals surface area contributed by atoms with Gasteiger partial charge in [0, 0.05) is 32.2 Å². The normalized spacial score (nSPS) is 21.6. The average molecular weight is 447 g/mol. The lowest BCUT2D eigenvalue weighted by molar-refractivity contribution is -0.147. The number of aliphatic carboxylic acids is 1. The van der Waals surface area contributed by atoms with E-state index in [0.717, 1.165) is 32.4 Å². The molecular weight excluding hydrogens is 432 g/mol. The third-order valence-corrected chi connectivity index (χ3v) is 7.95. The Labute approximate surface area is 179 Å². The summed E-state index contributed by atoms with van der Waals surface area (Å²) in [6, 6.07) is 11.1. The Kier molecular flexibility index (Phi) is 4.54. The van der Waals surface area contributed by atoms with Crippen LogP contribution in [0.1, 0.15) is 5.56 Å². The average Bonchev–Trinajstić information content (AvgIpc) is 3.09. The van der Waals surface area contributed by atoms with Crippen LogP contribution in [0.5, 0.6) is 0 Å². The van der Waals surface area contributed by atoms with Crippen LogP contribution in [0.2, 0.25) is 0 Å². The minimum Gasteiger partial charge on any atom is -0.477 e. The van der Waals surface area contributed by atoms with Crippen LogP contribution in [-0.2, 0) is 15.5 Å². The third kappa shape index (κ3) is 2.93. The van der Waals surface area contributed by atoms with Crippen molar-refractivity contribution in [2.75, 3.05) is 5.75 Å². The first-order valence-corrected chi connectivity index (χ1v) is 11.2. The van der Waals surface area contributed by atoms with Gasteiger partial charge in [-0.2, -0.15) is 0 Å². The summed E-state index contributed by atoms with van der Waals surface area (Å²) in [6.07, 6.45) is 0. The SMILES string of the molecule is N[C@@H]1C(=O)N2C(C(=O)O)=C(Sc3ccc4c(c3)oc3cc(CCl)ccc34)CS[C@@H]12. The molecule has 2 atom stereocenters. The molecule has 0 spiro atoms. The van der Waals surface area contributed by atoms with Crippen molar-refractivity contribution in [1.29, 1.82) is 0 Å². The lowest BCUT2D eigenvalue weighted by Crippen LogP contribution is -2.68. The van der Waals surface area contributed by atoms with Gasteiger partial charge in [0.1, 0.15) is 28.3 Å². The molecular formula is C20H15ClN2O4S2. The van der Waals surface area contributed by atoms with Crippen LogP contribution in [-0.4, -0.2) is 39.1 Å². The van der Waals surface area contributed by atoms with Gasteiger partial charge in [-0.25, -0.2) is 4.79 Å². The molecule has 1 fully saturated rings. The van der Waals surface area contributed by atoms with Crippen molar-refractivity contribution in [2.45, 2.75) is 22.2 Å². The number of fused-ring (bicyclic) bond motifs is 4. The number of benzene rings is 2. The maximum absolute atomic E-state index is 12.1. The molecule has 1 saturated heterocycles. The number of hydrogen-bond donors (Lipinski definition) is 2. The number of nitrogens with two attached hydrogens (primary N) is 1. The maximum atomic E-state index is 12.1. The van der Waals surface area contributed by atoms with Gasteiger partial charge in [-0.1, -0.05) is 23.9 Å². The largest absolute Gasteiger partial charge is 0.477 e. The molecule has 3 heterocycles. The second-order valence-electron chi connectivity index (χ2n) is 6.84. The number of carbonyl (C=O) groups excluding carboxylic acids is 1. The summed E-state index contributed by atoms with van der Waals surface area (Å²) < 4.78 is 5.99. The molecule has 2 aliphatic heterocycles. The molecule has 0 radical (unpaired) electrons. The fourth-order valence-corrected chi connectivity index (χ4v) is 6.27. The summed E-state index contributed by atoms with van der Waals surface area (Å²) >= 11 is 8.73. The van der Waals surface area contributed by atoms with E-state index in [2.05, 4.69) is 0 Å². The highest BCUT2D eigenvalue weighted by Gasteiger charge is 2.51. The number of carboxylic acid groups (broad SMARTS) is 1. The highest BCUT2D eigenvalue weighted by atomic mass is 35.5. The molecule has 3 aromatic rings. The molecule has 1 amide bonds. The van der Waals surface area contributed by atoms with Crippen LogP contribution in [0.25, 0.3) is 21.9 Å². The van der Waals surface area contributed by atoms with E-state index in [1.807, 2.05) is 36.4 Å². The fraction of sp³-hybridized carbons (Fsp3) is 0.200. The van der Waals surface area contributed by atoms with E-state index in [9.17, 15) is 14.7 Å². The summed E-state index contributed by atoms with van der Waals surface area (Å²) in [7, 11) is 0. The first-order chi connectivity index (χ1) is 14.0. The standard InChI is InChI=1S/C20H15ClN2O4S2/c21-7-9-1-3-11-12-4-2-10(6-14(12)27-13(11)5-9)29-15-8-28-19-16(22)18(24)23(19)17(15)20(25)26/h1-6,16,19H,7-8,22H2,(H,25,26)/t16-,19+/m1/s1. The zero-order chi connectivity index (χ0) is 20.3. The Bertz CT molecular complexity index is 1220. The number of halogens is 1. The summed E-state index contributed by atoms with van der Waals surface area (Å²) in [4.78, 5) is 26.7. The van der Waals surface area contributed by atoms with E-state index in [1.54, 1.807) is 0 Å². The van der Waals surface area contributed by atoms with Crippen molar-refractivity contribution < 1.29 is 19.1 Å². The predicted molar refractivity (Wildman–Crippen MR) is 115 cm³/mol. The molecule has 0 bridgehead atoms. The quantitative estimate of drug-likeness (QED) is 0.462. The molecule has 3 N–H and O–H groups in total.